The van der Waals surface area contributed by atoms with E-state index in [0.717, 1.165) is 30.2 Å². The van der Waals surface area contributed by atoms with Gasteiger partial charge in [0, 0.05) is 23.2 Å². The fourth-order valence-corrected chi connectivity index (χ4v) is 3.12. The number of pyridine rings is 1. The van der Waals surface area contributed by atoms with Crippen LogP contribution in [0.15, 0.2) is 60.7 Å². The van der Waals surface area contributed by atoms with Gasteiger partial charge in [0.15, 0.2) is 0 Å². The molecule has 1 aromatic heterocycles. The number of hydrogen-bond acceptors (Lipinski definition) is 4. The van der Waals surface area contributed by atoms with E-state index < -0.39 is 0 Å². The van der Waals surface area contributed by atoms with Crippen molar-refractivity contribution in [3.8, 4) is 0 Å². The van der Waals surface area contributed by atoms with E-state index in [1.54, 1.807) is 24.3 Å². The van der Waals surface area contributed by atoms with E-state index in [1.807, 2.05) is 36.4 Å². The van der Waals surface area contributed by atoms with Crippen molar-refractivity contribution >= 4 is 34.2 Å². The number of amides is 2. The van der Waals surface area contributed by atoms with Crippen LogP contribution >= 0.6 is 0 Å². The first-order chi connectivity index (χ1) is 14.1. The molecule has 0 bridgehead atoms. The Bertz CT molecular complexity index is 989. The molecule has 150 valence electrons. The maximum absolute atomic E-state index is 13.3. The van der Waals surface area contributed by atoms with E-state index in [9.17, 15) is 9.59 Å². The molecule has 0 saturated carbocycles. The van der Waals surface area contributed by atoms with Gasteiger partial charge >= 0.3 is 0 Å². The number of nitrogens with zero attached hydrogens (tertiary/aromatic N) is 2. The van der Waals surface area contributed by atoms with Crippen molar-refractivity contribution in [1.82, 2.24) is 10.3 Å². The first-order valence-corrected chi connectivity index (χ1v) is 9.88. The number of para-hydroxylation sites is 1. The molecule has 0 radical (unpaired) electrons. The van der Waals surface area contributed by atoms with Crippen LogP contribution in [0.5, 0.6) is 0 Å². The zero-order valence-corrected chi connectivity index (χ0v) is 16.6. The second-order valence-corrected chi connectivity index (χ2v) is 6.93. The molecule has 0 spiro atoms. The van der Waals surface area contributed by atoms with Crippen LogP contribution < -0.4 is 16.0 Å². The Morgan fingerprint density at radius 3 is 2.59 bits per heavy atom. The molecule has 3 rings (SSSR count). The second kappa shape index (κ2) is 9.68. The first kappa shape index (κ1) is 20.3. The number of unbranched alkanes of at least 4 members (excludes halogenated alkanes) is 2. The minimum atomic E-state index is -0.237. The highest BCUT2D eigenvalue weighted by Crippen LogP contribution is 2.20. The number of aromatic nitrogens is 1. The smallest absolute Gasteiger partial charge is 0.258 e. The van der Waals surface area contributed by atoms with E-state index in [4.69, 9.17) is 5.73 Å². The molecule has 6 nitrogen and oxygen atoms in total. The van der Waals surface area contributed by atoms with Gasteiger partial charge in [0.2, 0.25) is 5.91 Å². The molecule has 0 saturated heterocycles. The monoisotopic (exact) mass is 390 g/mol. The third-order valence-electron chi connectivity index (χ3n) is 4.67. The standard InChI is InChI=1S/C23H26N4O2/c1-2-3-7-14-25-22(28)16-27(19-8-5-4-6-9-19)23(29)18-10-12-20-17(15-18)11-13-21(24)26-20/h4-6,8-13,15H,2-3,7,14,16H2,1H3,(H2,24,26)(H,25,28). The molecule has 0 aliphatic rings. The number of fused-ring (bicyclic) bond motifs is 1. The Morgan fingerprint density at radius 1 is 1.03 bits per heavy atom. The summed E-state index contributed by atoms with van der Waals surface area (Å²) in [6.07, 6.45) is 3.09. The first-order valence-electron chi connectivity index (χ1n) is 9.88. The van der Waals surface area contributed by atoms with Crippen LogP contribution in [-0.4, -0.2) is 29.9 Å². The van der Waals surface area contributed by atoms with Gasteiger partial charge in [0.25, 0.3) is 5.91 Å². The number of nitrogens with one attached hydrogen (secondary N) is 1. The van der Waals surface area contributed by atoms with Gasteiger partial charge in [-0.2, -0.15) is 0 Å². The highest BCUT2D eigenvalue weighted by Gasteiger charge is 2.21. The van der Waals surface area contributed by atoms with E-state index in [0.29, 0.717) is 23.6 Å². The fourth-order valence-electron chi connectivity index (χ4n) is 3.12. The largest absolute Gasteiger partial charge is 0.384 e. The van der Waals surface area contributed by atoms with Crippen LogP contribution in [0.1, 0.15) is 36.5 Å². The quantitative estimate of drug-likeness (QED) is 0.573. The van der Waals surface area contributed by atoms with E-state index >= 15 is 0 Å². The lowest BCUT2D eigenvalue weighted by molar-refractivity contribution is -0.119. The molecule has 1 heterocycles. The van der Waals surface area contributed by atoms with Gasteiger partial charge in [-0.1, -0.05) is 38.0 Å². The normalized spacial score (nSPS) is 10.7. The van der Waals surface area contributed by atoms with Crippen LogP contribution in [0, 0.1) is 0 Å². The summed E-state index contributed by atoms with van der Waals surface area (Å²) < 4.78 is 0. The van der Waals surface area contributed by atoms with Crippen molar-refractivity contribution in [3.05, 3.63) is 66.2 Å². The molecule has 6 heteroatoms. The van der Waals surface area contributed by atoms with E-state index in [-0.39, 0.29) is 18.4 Å². The number of benzene rings is 2. The van der Waals surface area contributed by atoms with Crippen molar-refractivity contribution in [3.63, 3.8) is 0 Å². The summed E-state index contributed by atoms with van der Waals surface area (Å²) in [5, 5.41) is 3.72. The molecule has 0 fully saturated rings. The maximum atomic E-state index is 13.3. The van der Waals surface area contributed by atoms with Crippen molar-refractivity contribution in [2.45, 2.75) is 26.2 Å². The lowest BCUT2D eigenvalue weighted by Gasteiger charge is -2.22. The summed E-state index contributed by atoms with van der Waals surface area (Å²) in [5.74, 6) is 0.0226. The molecule has 0 aliphatic carbocycles. The molecular formula is C23H26N4O2. The SMILES string of the molecule is CCCCCNC(=O)CN(C(=O)c1ccc2nc(N)ccc2c1)c1ccccc1. The molecule has 3 N–H and O–H groups in total. The lowest BCUT2D eigenvalue weighted by Crippen LogP contribution is -2.41. The summed E-state index contributed by atoms with van der Waals surface area (Å²) in [6.45, 7) is 2.70. The summed E-state index contributed by atoms with van der Waals surface area (Å²) in [4.78, 5) is 31.5. The number of hydrogen-bond donors (Lipinski definition) is 2. The number of nitrogens with two attached hydrogens (primary N) is 1. The van der Waals surface area contributed by atoms with Gasteiger partial charge in [-0.3, -0.25) is 14.5 Å². The van der Waals surface area contributed by atoms with Crippen LogP contribution in [0.4, 0.5) is 11.5 Å². The minimum absolute atomic E-state index is 0.0347. The van der Waals surface area contributed by atoms with Gasteiger partial charge in [-0.05, 0) is 48.9 Å². The molecule has 0 atom stereocenters. The van der Waals surface area contributed by atoms with Crippen LogP contribution in [0.2, 0.25) is 0 Å². The van der Waals surface area contributed by atoms with Crippen LogP contribution in [0.3, 0.4) is 0 Å². The number of carbonyl (C=O) groups is 2. The highest BCUT2D eigenvalue weighted by molar-refractivity contribution is 6.10. The third-order valence-corrected chi connectivity index (χ3v) is 4.67. The van der Waals surface area contributed by atoms with Crippen molar-refractivity contribution in [1.29, 1.82) is 0 Å². The molecule has 0 aliphatic heterocycles. The Morgan fingerprint density at radius 2 is 1.83 bits per heavy atom. The molecule has 2 amide bonds. The van der Waals surface area contributed by atoms with Gasteiger partial charge in [0.1, 0.15) is 12.4 Å². The number of anilines is 2. The molecule has 29 heavy (non-hydrogen) atoms. The Hall–Kier alpha value is -3.41. The number of carbonyl (C=O) groups excluding carboxylic acids is 2. The van der Waals surface area contributed by atoms with Crippen molar-refractivity contribution in [2.24, 2.45) is 0 Å². The number of nitrogen functional groups attached to an aromatic ring is 1. The van der Waals surface area contributed by atoms with Gasteiger partial charge < -0.3 is 11.1 Å². The van der Waals surface area contributed by atoms with Gasteiger partial charge in [-0.15, -0.1) is 0 Å². The maximum Gasteiger partial charge on any atom is 0.258 e. The van der Waals surface area contributed by atoms with Gasteiger partial charge in [0.05, 0.1) is 5.52 Å². The zero-order chi connectivity index (χ0) is 20.6. The summed E-state index contributed by atoms with van der Waals surface area (Å²) in [7, 11) is 0. The zero-order valence-electron chi connectivity index (χ0n) is 16.6. The highest BCUT2D eigenvalue weighted by atomic mass is 16.2. The summed E-state index contributed by atoms with van der Waals surface area (Å²) in [6, 6.07) is 18.0. The third kappa shape index (κ3) is 5.31. The number of rotatable bonds is 8. The molecule has 2 aromatic carbocycles. The minimum Gasteiger partial charge on any atom is -0.384 e. The van der Waals surface area contributed by atoms with Crippen LogP contribution in [0.25, 0.3) is 10.9 Å². The van der Waals surface area contributed by atoms with Crippen molar-refractivity contribution < 1.29 is 9.59 Å². The predicted molar refractivity (Wildman–Crippen MR) is 117 cm³/mol. The molecular weight excluding hydrogens is 364 g/mol. The fraction of sp³-hybridized carbons (Fsp3) is 0.261. The summed E-state index contributed by atoms with van der Waals surface area (Å²) >= 11 is 0. The topological polar surface area (TPSA) is 88.3 Å². The second-order valence-electron chi connectivity index (χ2n) is 6.93. The Kier molecular flexibility index (Phi) is 6.79. The van der Waals surface area contributed by atoms with Crippen LogP contribution in [-0.2, 0) is 4.79 Å². The van der Waals surface area contributed by atoms with Crippen molar-refractivity contribution in [2.75, 3.05) is 23.7 Å². The lowest BCUT2D eigenvalue weighted by atomic mass is 10.1. The molecule has 3 aromatic rings. The summed E-state index contributed by atoms with van der Waals surface area (Å²) in [5.41, 5.74) is 7.62. The molecule has 0 unspecified atom stereocenters. The Balaban J connectivity index is 1.82. The Labute approximate surface area is 170 Å². The average Bonchev–Trinajstić information content (AvgIpc) is 2.75. The van der Waals surface area contributed by atoms with Gasteiger partial charge in [-0.25, -0.2) is 4.98 Å². The predicted octanol–water partition coefficient (Wildman–Crippen LogP) is 3.77. The van der Waals surface area contributed by atoms with E-state index in [2.05, 4.69) is 17.2 Å². The average molecular weight is 390 g/mol. The van der Waals surface area contributed by atoms with E-state index in [1.165, 1.54) is 4.90 Å².